The molecule has 0 aliphatic heterocycles. The molecule has 0 amide bonds. The normalized spacial score (nSPS) is 10.2. The number of benzene rings is 2. The van der Waals surface area contributed by atoms with Gasteiger partial charge in [-0.1, -0.05) is 18.2 Å². The van der Waals surface area contributed by atoms with Crippen molar-refractivity contribution in [3.8, 4) is 6.07 Å². The Hall–Kier alpha value is -2.48. The fraction of sp³-hybridized carbons (Fsp3) is 0.133. The Bertz CT molecular complexity index is 654. The SMILES string of the molecule is CN(Cc1ccccc1F)c1c(F)cc(C#N)cc1F. The largest absolute Gasteiger partial charge is 0.365 e. The minimum atomic E-state index is -0.847. The molecule has 102 valence electrons. The van der Waals surface area contributed by atoms with E-state index < -0.39 is 17.5 Å². The van der Waals surface area contributed by atoms with Crippen LogP contribution in [0.1, 0.15) is 11.1 Å². The minimum absolute atomic E-state index is 0.0203. The summed E-state index contributed by atoms with van der Waals surface area (Å²) in [5.74, 6) is -2.13. The van der Waals surface area contributed by atoms with Crippen molar-refractivity contribution in [2.75, 3.05) is 11.9 Å². The number of halogens is 3. The van der Waals surface area contributed by atoms with Gasteiger partial charge in [0.15, 0.2) is 11.6 Å². The van der Waals surface area contributed by atoms with Crippen molar-refractivity contribution in [3.05, 3.63) is 65.0 Å². The highest BCUT2D eigenvalue weighted by Crippen LogP contribution is 2.25. The van der Waals surface area contributed by atoms with Crippen molar-refractivity contribution >= 4 is 5.69 Å². The molecule has 2 aromatic carbocycles. The molecule has 2 aromatic rings. The summed E-state index contributed by atoms with van der Waals surface area (Å²) in [5, 5.41) is 8.64. The minimum Gasteiger partial charge on any atom is -0.365 e. The lowest BCUT2D eigenvalue weighted by molar-refractivity contribution is 0.570. The van der Waals surface area contributed by atoms with Gasteiger partial charge in [0.1, 0.15) is 11.5 Å². The Morgan fingerprint density at radius 1 is 1.05 bits per heavy atom. The monoisotopic (exact) mass is 276 g/mol. The molecule has 5 heteroatoms. The lowest BCUT2D eigenvalue weighted by Gasteiger charge is -2.21. The summed E-state index contributed by atoms with van der Waals surface area (Å²) < 4.78 is 41.2. The predicted octanol–water partition coefficient (Wildman–Crippen LogP) is 3.61. The van der Waals surface area contributed by atoms with Gasteiger partial charge in [0.25, 0.3) is 0 Å². The number of hydrogen-bond donors (Lipinski definition) is 0. The van der Waals surface area contributed by atoms with E-state index in [9.17, 15) is 13.2 Å². The van der Waals surface area contributed by atoms with Crippen LogP contribution < -0.4 is 4.90 Å². The molecule has 0 aliphatic rings. The molecule has 2 rings (SSSR count). The predicted molar refractivity (Wildman–Crippen MR) is 69.6 cm³/mol. The molecule has 0 saturated carbocycles. The van der Waals surface area contributed by atoms with E-state index in [2.05, 4.69) is 0 Å². The van der Waals surface area contributed by atoms with Crippen LogP contribution in [0.15, 0.2) is 36.4 Å². The van der Waals surface area contributed by atoms with Crippen LogP contribution in [0, 0.1) is 28.8 Å². The molecular weight excluding hydrogens is 265 g/mol. The number of rotatable bonds is 3. The standard InChI is InChI=1S/C15H11F3N2/c1-20(9-11-4-2-3-5-12(11)16)15-13(17)6-10(8-19)7-14(15)18/h2-7H,9H2,1H3. The van der Waals surface area contributed by atoms with Crippen molar-refractivity contribution in [3.63, 3.8) is 0 Å². The zero-order chi connectivity index (χ0) is 14.7. The number of nitriles is 1. The first kappa shape index (κ1) is 13.9. The van der Waals surface area contributed by atoms with Crippen LogP contribution in [0.4, 0.5) is 18.9 Å². The van der Waals surface area contributed by atoms with Crippen molar-refractivity contribution in [1.29, 1.82) is 5.26 Å². The highest BCUT2D eigenvalue weighted by atomic mass is 19.1. The summed E-state index contributed by atoms with van der Waals surface area (Å²) in [7, 11) is 1.46. The fourth-order valence-electron chi connectivity index (χ4n) is 1.96. The molecule has 20 heavy (non-hydrogen) atoms. The van der Waals surface area contributed by atoms with Crippen LogP contribution >= 0.6 is 0 Å². The van der Waals surface area contributed by atoms with Gasteiger partial charge in [0, 0.05) is 19.2 Å². The van der Waals surface area contributed by atoms with E-state index in [1.165, 1.54) is 18.0 Å². The fourth-order valence-corrected chi connectivity index (χ4v) is 1.96. The molecule has 0 radical (unpaired) electrons. The third-order valence-electron chi connectivity index (χ3n) is 2.89. The van der Waals surface area contributed by atoms with Crippen LogP contribution in [0.2, 0.25) is 0 Å². The topological polar surface area (TPSA) is 27.0 Å². The molecule has 2 nitrogen and oxygen atoms in total. The summed E-state index contributed by atoms with van der Waals surface area (Å²) in [4.78, 5) is 1.27. The smallest absolute Gasteiger partial charge is 0.150 e. The van der Waals surface area contributed by atoms with Crippen LogP contribution in [-0.4, -0.2) is 7.05 Å². The van der Waals surface area contributed by atoms with Crippen LogP contribution in [-0.2, 0) is 6.54 Å². The number of hydrogen-bond acceptors (Lipinski definition) is 2. The molecular formula is C15H11F3N2. The van der Waals surface area contributed by atoms with Gasteiger partial charge in [-0.05, 0) is 18.2 Å². The van der Waals surface area contributed by atoms with Crippen molar-refractivity contribution in [1.82, 2.24) is 0 Å². The summed E-state index contributed by atoms with van der Waals surface area (Å²) in [6.07, 6.45) is 0. The lowest BCUT2D eigenvalue weighted by Crippen LogP contribution is -2.20. The summed E-state index contributed by atoms with van der Waals surface area (Å²) in [6, 6.07) is 9.61. The third kappa shape index (κ3) is 2.75. The number of anilines is 1. The van der Waals surface area contributed by atoms with Gasteiger partial charge in [-0.3, -0.25) is 0 Å². The number of nitrogens with zero attached hydrogens (tertiary/aromatic N) is 2. The van der Waals surface area contributed by atoms with Crippen LogP contribution in [0.3, 0.4) is 0 Å². The van der Waals surface area contributed by atoms with E-state index in [1.807, 2.05) is 0 Å². The highest BCUT2D eigenvalue weighted by Gasteiger charge is 2.16. The van der Waals surface area contributed by atoms with Crippen LogP contribution in [0.25, 0.3) is 0 Å². The maximum Gasteiger partial charge on any atom is 0.150 e. The Kier molecular flexibility index (Phi) is 3.94. The summed E-state index contributed by atoms with van der Waals surface area (Å²) in [6.45, 7) is 0.0203. The Balaban J connectivity index is 2.33. The van der Waals surface area contributed by atoms with E-state index >= 15 is 0 Å². The van der Waals surface area contributed by atoms with Crippen molar-refractivity contribution < 1.29 is 13.2 Å². The average molecular weight is 276 g/mol. The third-order valence-corrected chi connectivity index (χ3v) is 2.89. The second-order valence-electron chi connectivity index (χ2n) is 4.35. The molecule has 0 spiro atoms. The summed E-state index contributed by atoms with van der Waals surface area (Å²) in [5.41, 5.74) is -0.0477. The first-order valence-electron chi connectivity index (χ1n) is 5.86. The molecule has 0 saturated heterocycles. The van der Waals surface area contributed by atoms with E-state index in [0.717, 1.165) is 12.1 Å². The van der Waals surface area contributed by atoms with Crippen molar-refractivity contribution in [2.24, 2.45) is 0 Å². The quantitative estimate of drug-likeness (QED) is 0.856. The molecule has 0 aliphatic carbocycles. The molecule has 0 heterocycles. The second-order valence-corrected chi connectivity index (χ2v) is 4.35. The Morgan fingerprint density at radius 2 is 1.65 bits per heavy atom. The lowest BCUT2D eigenvalue weighted by atomic mass is 10.1. The van der Waals surface area contributed by atoms with Gasteiger partial charge in [-0.2, -0.15) is 5.26 Å². The first-order chi connectivity index (χ1) is 9.52. The second kappa shape index (κ2) is 5.66. The van der Waals surface area contributed by atoms with Gasteiger partial charge >= 0.3 is 0 Å². The van der Waals surface area contributed by atoms with Crippen molar-refractivity contribution in [2.45, 2.75) is 6.54 Å². The first-order valence-corrected chi connectivity index (χ1v) is 5.86. The summed E-state index contributed by atoms with van der Waals surface area (Å²) >= 11 is 0. The molecule has 0 unspecified atom stereocenters. The molecule has 0 aromatic heterocycles. The van der Waals surface area contributed by atoms with Crippen LogP contribution in [0.5, 0.6) is 0 Å². The molecule has 0 N–H and O–H groups in total. The molecule has 0 bridgehead atoms. The van der Waals surface area contributed by atoms with Gasteiger partial charge in [-0.25, -0.2) is 13.2 Å². The highest BCUT2D eigenvalue weighted by molar-refractivity contribution is 5.52. The van der Waals surface area contributed by atoms with Gasteiger partial charge in [0.05, 0.1) is 11.6 Å². The Labute approximate surface area is 114 Å². The van der Waals surface area contributed by atoms with E-state index in [1.54, 1.807) is 24.3 Å². The Morgan fingerprint density at radius 3 is 2.20 bits per heavy atom. The zero-order valence-electron chi connectivity index (χ0n) is 10.7. The van der Waals surface area contributed by atoms with E-state index in [0.29, 0.717) is 5.56 Å². The van der Waals surface area contributed by atoms with Gasteiger partial charge in [-0.15, -0.1) is 0 Å². The van der Waals surface area contributed by atoms with E-state index in [4.69, 9.17) is 5.26 Å². The molecule has 0 atom stereocenters. The zero-order valence-corrected chi connectivity index (χ0v) is 10.7. The van der Waals surface area contributed by atoms with Gasteiger partial charge in [0.2, 0.25) is 0 Å². The maximum absolute atomic E-state index is 13.8. The maximum atomic E-state index is 13.8. The van der Waals surface area contributed by atoms with Gasteiger partial charge < -0.3 is 4.90 Å². The molecule has 0 fully saturated rings. The van der Waals surface area contributed by atoms with E-state index in [-0.39, 0.29) is 17.8 Å². The average Bonchev–Trinajstić information content (AvgIpc) is 2.40.